The molecule has 2 fully saturated rings. The lowest BCUT2D eigenvalue weighted by Crippen LogP contribution is -2.48. The summed E-state index contributed by atoms with van der Waals surface area (Å²) in [7, 11) is 0. The lowest BCUT2D eigenvalue weighted by Gasteiger charge is -2.37. The maximum Gasteiger partial charge on any atom is 0.153 e. The van der Waals surface area contributed by atoms with E-state index in [1.54, 1.807) is 0 Å². The molecule has 2 aliphatic carbocycles. The second-order valence-electron chi connectivity index (χ2n) is 5.87. The molecular weight excluding hydrogens is 212 g/mol. The molecule has 4 heteroatoms. The summed E-state index contributed by atoms with van der Waals surface area (Å²) >= 11 is 0. The van der Waals surface area contributed by atoms with Crippen LogP contribution in [0.25, 0.3) is 0 Å². The molecule has 3 N–H and O–H groups in total. The second-order valence-corrected chi connectivity index (χ2v) is 5.87. The maximum atomic E-state index is 6.23. The van der Waals surface area contributed by atoms with E-state index in [-0.39, 0.29) is 5.54 Å². The van der Waals surface area contributed by atoms with Gasteiger partial charge in [0.1, 0.15) is 5.82 Å². The van der Waals surface area contributed by atoms with Gasteiger partial charge in [-0.2, -0.15) is 5.10 Å². The molecule has 2 aliphatic rings. The van der Waals surface area contributed by atoms with E-state index in [0.29, 0.717) is 5.92 Å². The SMILES string of the molecule is NC1(Cc2nc(C3CCCCC3)n[nH]2)CCC1. The molecular formula is C13H22N4. The lowest BCUT2D eigenvalue weighted by molar-refractivity contribution is 0.243. The largest absolute Gasteiger partial charge is 0.325 e. The lowest BCUT2D eigenvalue weighted by atomic mass is 9.75. The molecule has 2 saturated carbocycles. The Morgan fingerprint density at radius 1 is 1.18 bits per heavy atom. The summed E-state index contributed by atoms with van der Waals surface area (Å²) in [6.07, 6.45) is 10.9. The van der Waals surface area contributed by atoms with Crippen LogP contribution in [-0.2, 0) is 6.42 Å². The van der Waals surface area contributed by atoms with Crippen LogP contribution in [0, 0.1) is 0 Å². The zero-order chi connectivity index (χ0) is 11.7. The number of rotatable bonds is 3. The normalized spacial score (nSPS) is 24.5. The first-order valence-corrected chi connectivity index (χ1v) is 6.95. The third kappa shape index (κ3) is 2.37. The standard InChI is InChI=1S/C13H22N4/c14-13(7-4-8-13)9-11-15-12(17-16-11)10-5-2-1-3-6-10/h10H,1-9,14H2,(H,15,16,17). The molecule has 0 unspecified atom stereocenters. The van der Waals surface area contributed by atoms with Crippen molar-refractivity contribution in [3.63, 3.8) is 0 Å². The number of nitrogens with zero attached hydrogens (tertiary/aromatic N) is 2. The van der Waals surface area contributed by atoms with Crippen molar-refractivity contribution < 1.29 is 0 Å². The second kappa shape index (κ2) is 4.41. The number of hydrogen-bond acceptors (Lipinski definition) is 3. The number of aromatic amines is 1. The van der Waals surface area contributed by atoms with Crippen LogP contribution in [0.3, 0.4) is 0 Å². The van der Waals surface area contributed by atoms with Crippen molar-refractivity contribution in [2.45, 2.75) is 69.2 Å². The van der Waals surface area contributed by atoms with Crippen LogP contribution < -0.4 is 5.73 Å². The molecule has 0 amide bonds. The Labute approximate surface area is 102 Å². The number of hydrogen-bond donors (Lipinski definition) is 2. The van der Waals surface area contributed by atoms with Crippen LogP contribution in [0.2, 0.25) is 0 Å². The van der Waals surface area contributed by atoms with Gasteiger partial charge < -0.3 is 5.73 Å². The van der Waals surface area contributed by atoms with Crippen LogP contribution in [-0.4, -0.2) is 20.7 Å². The topological polar surface area (TPSA) is 67.6 Å². The zero-order valence-corrected chi connectivity index (χ0v) is 10.4. The van der Waals surface area contributed by atoms with Crippen molar-refractivity contribution in [3.05, 3.63) is 11.6 Å². The summed E-state index contributed by atoms with van der Waals surface area (Å²) in [6.45, 7) is 0. The molecule has 4 nitrogen and oxygen atoms in total. The van der Waals surface area contributed by atoms with Gasteiger partial charge in [0.05, 0.1) is 0 Å². The van der Waals surface area contributed by atoms with Gasteiger partial charge in [0.2, 0.25) is 0 Å². The molecule has 0 saturated heterocycles. The first-order valence-electron chi connectivity index (χ1n) is 6.95. The molecule has 0 atom stereocenters. The highest BCUT2D eigenvalue weighted by Crippen LogP contribution is 2.33. The fourth-order valence-corrected chi connectivity index (χ4v) is 3.07. The van der Waals surface area contributed by atoms with Gasteiger partial charge in [-0.05, 0) is 32.1 Å². The molecule has 0 aromatic carbocycles. The minimum Gasteiger partial charge on any atom is -0.325 e. The summed E-state index contributed by atoms with van der Waals surface area (Å²) in [5.41, 5.74) is 6.24. The van der Waals surface area contributed by atoms with Crippen LogP contribution in [0.1, 0.15) is 68.9 Å². The fourth-order valence-electron chi connectivity index (χ4n) is 3.07. The molecule has 1 heterocycles. The molecule has 0 bridgehead atoms. The van der Waals surface area contributed by atoms with Crippen molar-refractivity contribution >= 4 is 0 Å². The van der Waals surface area contributed by atoms with Crippen LogP contribution in [0.5, 0.6) is 0 Å². The van der Waals surface area contributed by atoms with Crippen molar-refractivity contribution in [1.82, 2.24) is 15.2 Å². The molecule has 94 valence electrons. The summed E-state index contributed by atoms with van der Waals surface area (Å²) in [4.78, 5) is 4.65. The first-order chi connectivity index (χ1) is 8.25. The average molecular weight is 234 g/mol. The molecule has 0 spiro atoms. The van der Waals surface area contributed by atoms with Crippen molar-refractivity contribution in [1.29, 1.82) is 0 Å². The van der Waals surface area contributed by atoms with E-state index in [1.165, 1.54) is 38.5 Å². The van der Waals surface area contributed by atoms with Gasteiger partial charge >= 0.3 is 0 Å². The van der Waals surface area contributed by atoms with E-state index in [1.807, 2.05) is 0 Å². The van der Waals surface area contributed by atoms with Gasteiger partial charge in [-0.3, -0.25) is 5.10 Å². The number of nitrogens with two attached hydrogens (primary N) is 1. The van der Waals surface area contributed by atoms with Gasteiger partial charge in [-0.1, -0.05) is 19.3 Å². The molecule has 0 radical (unpaired) electrons. The van der Waals surface area contributed by atoms with Crippen molar-refractivity contribution in [2.75, 3.05) is 0 Å². The number of aromatic nitrogens is 3. The number of nitrogens with one attached hydrogen (secondary N) is 1. The summed E-state index contributed by atoms with van der Waals surface area (Å²) < 4.78 is 0. The highest BCUT2D eigenvalue weighted by Gasteiger charge is 2.34. The minimum atomic E-state index is 0.00334. The Bertz CT molecular complexity index is 375. The van der Waals surface area contributed by atoms with Crippen LogP contribution in [0.15, 0.2) is 0 Å². The summed E-state index contributed by atoms with van der Waals surface area (Å²) in [6, 6.07) is 0. The average Bonchev–Trinajstić information content (AvgIpc) is 2.77. The third-order valence-corrected chi connectivity index (χ3v) is 4.39. The van der Waals surface area contributed by atoms with E-state index in [9.17, 15) is 0 Å². The smallest absolute Gasteiger partial charge is 0.153 e. The predicted octanol–water partition coefficient (Wildman–Crippen LogP) is 2.28. The van der Waals surface area contributed by atoms with Crippen molar-refractivity contribution in [2.24, 2.45) is 5.73 Å². The summed E-state index contributed by atoms with van der Waals surface area (Å²) in [5, 5.41) is 7.48. The van der Waals surface area contributed by atoms with E-state index in [0.717, 1.165) is 30.9 Å². The van der Waals surface area contributed by atoms with Crippen LogP contribution >= 0.6 is 0 Å². The van der Waals surface area contributed by atoms with Gasteiger partial charge in [0.15, 0.2) is 5.82 Å². The van der Waals surface area contributed by atoms with E-state index < -0.39 is 0 Å². The quantitative estimate of drug-likeness (QED) is 0.843. The Morgan fingerprint density at radius 3 is 2.59 bits per heavy atom. The Morgan fingerprint density at radius 2 is 1.94 bits per heavy atom. The van der Waals surface area contributed by atoms with Gasteiger partial charge in [0.25, 0.3) is 0 Å². The highest BCUT2D eigenvalue weighted by atomic mass is 15.2. The fraction of sp³-hybridized carbons (Fsp3) is 0.846. The Kier molecular flexibility index (Phi) is 2.90. The van der Waals surface area contributed by atoms with Crippen molar-refractivity contribution in [3.8, 4) is 0 Å². The Hall–Kier alpha value is -0.900. The molecule has 0 aliphatic heterocycles. The zero-order valence-electron chi connectivity index (χ0n) is 10.4. The highest BCUT2D eigenvalue weighted by molar-refractivity contribution is 5.05. The molecule has 1 aromatic heterocycles. The van der Waals surface area contributed by atoms with E-state index in [4.69, 9.17) is 5.73 Å². The molecule has 17 heavy (non-hydrogen) atoms. The first kappa shape index (κ1) is 11.2. The Balaban J connectivity index is 1.65. The third-order valence-electron chi connectivity index (χ3n) is 4.39. The molecule has 1 aromatic rings. The van der Waals surface area contributed by atoms with E-state index >= 15 is 0 Å². The summed E-state index contributed by atoms with van der Waals surface area (Å²) in [5.74, 6) is 2.61. The molecule has 3 rings (SSSR count). The van der Waals surface area contributed by atoms with Gasteiger partial charge in [0, 0.05) is 17.9 Å². The minimum absolute atomic E-state index is 0.00334. The predicted molar refractivity (Wildman–Crippen MR) is 66.7 cm³/mol. The van der Waals surface area contributed by atoms with Gasteiger partial charge in [-0.15, -0.1) is 0 Å². The maximum absolute atomic E-state index is 6.23. The van der Waals surface area contributed by atoms with Crippen LogP contribution in [0.4, 0.5) is 0 Å². The van der Waals surface area contributed by atoms with E-state index in [2.05, 4.69) is 15.2 Å². The monoisotopic (exact) mass is 234 g/mol. The van der Waals surface area contributed by atoms with Gasteiger partial charge in [-0.25, -0.2) is 4.98 Å². The number of H-pyrrole nitrogens is 1.